The monoisotopic (exact) mass is 245 g/mol. The number of hydrogen-bond acceptors (Lipinski definition) is 2. The second-order valence-corrected chi connectivity index (χ2v) is 3.99. The van der Waals surface area contributed by atoms with Crippen LogP contribution in [0.2, 0.25) is 0 Å². The van der Waals surface area contributed by atoms with Crippen molar-refractivity contribution in [2.45, 2.75) is 18.7 Å². The summed E-state index contributed by atoms with van der Waals surface area (Å²) in [5.41, 5.74) is 0.0429. The number of hydrogen-bond donors (Lipinski definition) is 2. The van der Waals surface area contributed by atoms with Crippen molar-refractivity contribution in [3.8, 4) is 5.75 Å². The van der Waals surface area contributed by atoms with Crippen LogP contribution in [0.3, 0.4) is 0 Å². The minimum absolute atomic E-state index is 0.0429. The van der Waals surface area contributed by atoms with Gasteiger partial charge in [-0.25, -0.2) is 4.39 Å². The Morgan fingerprint density at radius 2 is 2.31 bits per heavy atom. The Morgan fingerprint density at radius 3 is 2.88 bits per heavy atom. The summed E-state index contributed by atoms with van der Waals surface area (Å²) in [6.07, 6.45) is 0.733. The molecule has 1 rings (SSSR count). The maximum absolute atomic E-state index is 12.7. The third-order valence-corrected chi connectivity index (χ3v) is 2.59. The number of aromatic hydroxyl groups is 1. The second-order valence-electron chi connectivity index (χ2n) is 3.38. The van der Waals surface area contributed by atoms with Crippen molar-refractivity contribution in [1.29, 1.82) is 0 Å². The van der Waals surface area contributed by atoms with E-state index in [2.05, 4.69) is 5.32 Å². The zero-order chi connectivity index (χ0) is 12.1. The fraction of sp³-hybridized carbons (Fsp3) is 0.364. The highest BCUT2D eigenvalue weighted by atomic mass is 35.5. The van der Waals surface area contributed by atoms with E-state index in [1.165, 1.54) is 6.07 Å². The quantitative estimate of drug-likeness (QED) is 0.800. The first kappa shape index (κ1) is 12.8. The minimum atomic E-state index is -0.585. The van der Waals surface area contributed by atoms with Gasteiger partial charge < -0.3 is 10.4 Å². The van der Waals surface area contributed by atoms with Gasteiger partial charge in [0.15, 0.2) is 0 Å². The van der Waals surface area contributed by atoms with Crippen LogP contribution in [0.25, 0.3) is 0 Å². The summed E-state index contributed by atoms with van der Waals surface area (Å²) in [5, 5.41) is 11.8. The summed E-state index contributed by atoms with van der Waals surface area (Å²) >= 11 is 5.82. The zero-order valence-electron chi connectivity index (χ0n) is 8.84. The Hall–Kier alpha value is -1.29. The number of halogens is 2. The molecule has 1 aromatic rings. The highest BCUT2D eigenvalue weighted by molar-refractivity contribution is 6.20. The molecule has 0 bridgehead atoms. The zero-order valence-corrected chi connectivity index (χ0v) is 9.59. The van der Waals surface area contributed by atoms with E-state index < -0.39 is 11.7 Å². The molecule has 5 heteroatoms. The predicted molar refractivity (Wildman–Crippen MR) is 60.3 cm³/mol. The van der Waals surface area contributed by atoms with E-state index in [9.17, 15) is 14.3 Å². The van der Waals surface area contributed by atoms with E-state index >= 15 is 0 Å². The normalized spacial score (nSPS) is 12.2. The first-order valence-corrected chi connectivity index (χ1v) is 5.39. The molecular weight excluding hydrogens is 233 g/mol. The first-order valence-electron chi connectivity index (χ1n) is 4.95. The number of alkyl halides is 1. The van der Waals surface area contributed by atoms with Crippen molar-refractivity contribution in [2.75, 3.05) is 6.54 Å². The predicted octanol–water partition coefficient (Wildman–Crippen LogP) is 2.28. The number of amides is 1. The Labute approximate surface area is 98.2 Å². The molecule has 2 N–H and O–H groups in total. The lowest BCUT2D eigenvalue weighted by atomic mass is 10.2. The van der Waals surface area contributed by atoms with Gasteiger partial charge >= 0.3 is 0 Å². The van der Waals surface area contributed by atoms with Crippen LogP contribution in [0.5, 0.6) is 5.75 Å². The van der Waals surface area contributed by atoms with Gasteiger partial charge in [-0.15, -0.1) is 11.6 Å². The Bertz CT molecular complexity index is 384. The van der Waals surface area contributed by atoms with Crippen molar-refractivity contribution in [2.24, 2.45) is 0 Å². The van der Waals surface area contributed by atoms with Crippen molar-refractivity contribution in [3.05, 3.63) is 29.6 Å². The molecule has 1 unspecified atom stereocenters. The molecule has 0 heterocycles. The lowest BCUT2D eigenvalue weighted by Crippen LogP contribution is -2.29. The van der Waals surface area contributed by atoms with Crippen LogP contribution in [0.4, 0.5) is 4.39 Å². The molecule has 0 aliphatic carbocycles. The lowest BCUT2D eigenvalue weighted by Gasteiger charge is -2.09. The summed E-state index contributed by atoms with van der Waals surface area (Å²) in [6, 6.07) is 3.24. The van der Waals surface area contributed by atoms with Gasteiger partial charge in [0.2, 0.25) is 0 Å². The van der Waals surface area contributed by atoms with E-state index in [1.807, 2.05) is 6.92 Å². The third-order valence-electron chi connectivity index (χ3n) is 2.13. The number of carbonyl (C=O) groups is 1. The molecule has 88 valence electrons. The molecule has 0 spiro atoms. The largest absolute Gasteiger partial charge is 0.507 e. The second kappa shape index (κ2) is 5.70. The van der Waals surface area contributed by atoms with Crippen LogP contribution >= 0.6 is 11.6 Å². The standard InChI is InChI=1S/C11H13ClFNO2/c1-2-7(12)6-14-11(16)9-4-3-8(13)5-10(9)15/h3-5,7,15H,2,6H2,1H3,(H,14,16). The van der Waals surface area contributed by atoms with Crippen LogP contribution in [-0.2, 0) is 0 Å². The van der Waals surface area contributed by atoms with E-state index in [0.29, 0.717) is 6.54 Å². The molecule has 1 aromatic carbocycles. The van der Waals surface area contributed by atoms with Gasteiger partial charge in [0, 0.05) is 12.6 Å². The average molecular weight is 246 g/mol. The fourth-order valence-corrected chi connectivity index (χ4v) is 1.22. The number of phenols is 1. The first-order chi connectivity index (χ1) is 7.54. The number of benzene rings is 1. The highest BCUT2D eigenvalue weighted by Gasteiger charge is 2.12. The topological polar surface area (TPSA) is 49.3 Å². The van der Waals surface area contributed by atoms with E-state index in [0.717, 1.165) is 18.6 Å². The van der Waals surface area contributed by atoms with Crippen LogP contribution in [0.1, 0.15) is 23.7 Å². The number of phenolic OH excluding ortho intramolecular Hbond substituents is 1. The van der Waals surface area contributed by atoms with Crippen molar-refractivity contribution in [3.63, 3.8) is 0 Å². The molecule has 1 amide bonds. The lowest BCUT2D eigenvalue weighted by molar-refractivity contribution is 0.0950. The van der Waals surface area contributed by atoms with Gasteiger partial charge in [0.25, 0.3) is 5.91 Å². The van der Waals surface area contributed by atoms with Crippen LogP contribution in [0, 0.1) is 5.82 Å². The molecule has 0 aliphatic heterocycles. The van der Waals surface area contributed by atoms with Crippen molar-refractivity contribution >= 4 is 17.5 Å². The Morgan fingerprint density at radius 1 is 1.62 bits per heavy atom. The van der Waals surface area contributed by atoms with E-state index in [4.69, 9.17) is 11.6 Å². The number of nitrogens with one attached hydrogen (secondary N) is 1. The highest BCUT2D eigenvalue weighted by Crippen LogP contribution is 2.17. The molecule has 1 atom stereocenters. The fourth-order valence-electron chi connectivity index (χ4n) is 1.14. The van der Waals surface area contributed by atoms with Gasteiger partial charge in [-0.05, 0) is 18.6 Å². The van der Waals surface area contributed by atoms with E-state index in [1.54, 1.807) is 0 Å². The van der Waals surface area contributed by atoms with Gasteiger partial charge in [-0.2, -0.15) is 0 Å². The molecule has 0 radical (unpaired) electrons. The molecule has 0 aliphatic rings. The molecule has 0 saturated carbocycles. The molecule has 16 heavy (non-hydrogen) atoms. The van der Waals surface area contributed by atoms with Crippen LogP contribution < -0.4 is 5.32 Å². The SMILES string of the molecule is CCC(Cl)CNC(=O)c1ccc(F)cc1O. The Kier molecular flexibility index (Phi) is 4.55. The Balaban J connectivity index is 2.66. The maximum atomic E-state index is 12.7. The summed E-state index contributed by atoms with van der Waals surface area (Å²) in [7, 11) is 0. The molecule has 0 aromatic heterocycles. The van der Waals surface area contributed by atoms with Crippen molar-refractivity contribution < 1.29 is 14.3 Å². The number of carbonyl (C=O) groups excluding carboxylic acids is 1. The van der Waals surface area contributed by atoms with Crippen LogP contribution in [-0.4, -0.2) is 22.9 Å². The van der Waals surface area contributed by atoms with Gasteiger partial charge in [0.1, 0.15) is 11.6 Å². The van der Waals surface area contributed by atoms with Crippen LogP contribution in [0.15, 0.2) is 18.2 Å². The summed E-state index contributed by atoms with van der Waals surface area (Å²) in [5.74, 6) is -1.42. The van der Waals surface area contributed by atoms with Gasteiger partial charge in [-0.1, -0.05) is 6.92 Å². The van der Waals surface area contributed by atoms with Gasteiger partial charge in [0.05, 0.1) is 10.9 Å². The molecule has 0 fully saturated rings. The minimum Gasteiger partial charge on any atom is -0.507 e. The van der Waals surface area contributed by atoms with E-state index in [-0.39, 0.29) is 16.7 Å². The average Bonchev–Trinajstić information content (AvgIpc) is 2.25. The van der Waals surface area contributed by atoms with Crippen molar-refractivity contribution in [1.82, 2.24) is 5.32 Å². The summed E-state index contributed by atoms with van der Waals surface area (Å²) in [6.45, 7) is 2.22. The third kappa shape index (κ3) is 3.38. The molecule has 3 nitrogen and oxygen atoms in total. The molecular formula is C11H13ClFNO2. The number of rotatable bonds is 4. The maximum Gasteiger partial charge on any atom is 0.255 e. The molecule has 0 saturated heterocycles. The smallest absolute Gasteiger partial charge is 0.255 e. The van der Waals surface area contributed by atoms with Gasteiger partial charge in [-0.3, -0.25) is 4.79 Å². The summed E-state index contributed by atoms with van der Waals surface area (Å²) < 4.78 is 12.7. The summed E-state index contributed by atoms with van der Waals surface area (Å²) in [4.78, 5) is 11.5.